The highest BCUT2D eigenvalue weighted by atomic mass is 16.5. The van der Waals surface area contributed by atoms with E-state index in [4.69, 9.17) is 0 Å². The third-order valence-corrected chi connectivity index (χ3v) is 0.635. The first kappa shape index (κ1) is 6.70. The highest BCUT2D eigenvalue weighted by molar-refractivity contribution is 4.79. The van der Waals surface area contributed by atoms with Crippen LogP contribution in [-0.4, -0.2) is 7.11 Å². The molecular formula is C6H11O. The van der Waals surface area contributed by atoms with Crippen LogP contribution in [0.5, 0.6) is 0 Å². The molecule has 0 aromatic carbocycles. The summed E-state index contributed by atoms with van der Waals surface area (Å²) in [6.45, 7) is 3.74. The molecule has 1 radical (unpaired) electrons. The van der Waals surface area contributed by atoms with Gasteiger partial charge < -0.3 is 4.74 Å². The Morgan fingerprint density at radius 1 is 1.57 bits per heavy atom. The van der Waals surface area contributed by atoms with Crippen molar-refractivity contribution in [3.05, 3.63) is 18.8 Å². The lowest BCUT2D eigenvalue weighted by molar-refractivity contribution is 0.273. The van der Waals surface area contributed by atoms with Gasteiger partial charge in [0.25, 0.3) is 0 Å². The zero-order valence-corrected chi connectivity index (χ0v) is 4.85. The number of allylic oxidation sites excluding steroid dienone is 1. The number of ether oxygens (including phenoxy) is 1. The highest BCUT2D eigenvalue weighted by Gasteiger charge is 1.73. The van der Waals surface area contributed by atoms with Crippen molar-refractivity contribution in [2.75, 3.05) is 7.11 Å². The van der Waals surface area contributed by atoms with Crippen LogP contribution in [0.15, 0.2) is 12.2 Å². The third-order valence-electron chi connectivity index (χ3n) is 0.635. The fourth-order valence-corrected chi connectivity index (χ4v) is 0.288. The van der Waals surface area contributed by atoms with Crippen LogP contribution in [0.1, 0.15) is 13.3 Å². The second-order valence-electron chi connectivity index (χ2n) is 1.21. The summed E-state index contributed by atoms with van der Waals surface area (Å²) in [4.78, 5) is 0. The minimum atomic E-state index is 0.910. The van der Waals surface area contributed by atoms with Gasteiger partial charge >= 0.3 is 0 Å². The second-order valence-corrected chi connectivity index (χ2v) is 1.21. The van der Waals surface area contributed by atoms with Gasteiger partial charge in [-0.3, -0.25) is 0 Å². The maximum absolute atomic E-state index is 4.67. The standard InChI is InChI=1S/C6H11O/c1-3-4-5-6-7-2/h3-4,6H,5H2,1-2H3/b4-3+. The summed E-state index contributed by atoms with van der Waals surface area (Å²) in [7, 11) is 1.66. The predicted molar refractivity (Wildman–Crippen MR) is 30.7 cm³/mol. The summed E-state index contributed by atoms with van der Waals surface area (Å²) in [5.74, 6) is 0. The summed E-state index contributed by atoms with van der Waals surface area (Å²) in [5.41, 5.74) is 0. The van der Waals surface area contributed by atoms with Crippen molar-refractivity contribution in [2.45, 2.75) is 13.3 Å². The average Bonchev–Trinajstić information content (AvgIpc) is 1.69. The maximum atomic E-state index is 4.67. The molecule has 0 saturated heterocycles. The van der Waals surface area contributed by atoms with Gasteiger partial charge in [0.15, 0.2) is 0 Å². The molecule has 1 heteroatoms. The van der Waals surface area contributed by atoms with Gasteiger partial charge in [0.2, 0.25) is 0 Å². The van der Waals surface area contributed by atoms with Gasteiger partial charge in [-0.15, -0.1) is 0 Å². The van der Waals surface area contributed by atoms with Gasteiger partial charge in [-0.1, -0.05) is 12.2 Å². The summed E-state index contributed by atoms with van der Waals surface area (Å²) < 4.78 is 4.67. The molecule has 0 aliphatic heterocycles. The van der Waals surface area contributed by atoms with Crippen LogP contribution in [-0.2, 0) is 4.74 Å². The van der Waals surface area contributed by atoms with Crippen molar-refractivity contribution in [3.8, 4) is 0 Å². The SMILES string of the molecule is C/C=C/C[CH]OC. The van der Waals surface area contributed by atoms with E-state index >= 15 is 0 Å². The molecule has 0 saturated carbocycles. The lowest BCUT2D eigenvalue weighted by Crippen LogP contribution is -1.73. The zero-order valence-electron chi connectivity index (χ0n) is 4.85. The van der Waals surface area contributed by atoms with Crippen LogP contribution in [0.2, 0.25) is 0 Å². The minimum Gasteiger partial charge on any atom is -0.378 e. The minimum absolute atomic E-state index is 0.910. The summed E-state index contributed by atoms with van der Waals surface area (Å²) in [5, 5.41) is 0. The number of hydrogen-bond acceptors (Lipinski definition) is 1. The van der Waals surface area contributed by atoms with Gasteiger partial charge in [-0.05, 0) is 13.3 Å². The van der Waals surface area contributed by atoms with Crippen LogP contribution in [0.4, 0.5) is 0 Å². The Kier molecular flexibility index (Phi) is 5.46. The number of hydrogen-bond donors (Lipinski definition) is 0. The first-order valence-electron chi connectivity index (χ1n) is 2.37. The predicted octanol–water partition coefficient (Wildman–Crippen LogP) is 1.76. The molecule has 0 unspecified atom stereocenters. The fourth-order valence-electron chi connectivity index (χ4n) is 0.288. The Morgan fingerprint density at radius 2 is 2.29 bits per heavy atom. The van der Waals surface area contributed by atoms with Crippen molar-refractivity contribution in [2.24, 2.45) is 0 Å². The molecule has 1 nitrogen and oxygen atoms in total. The lowest BCUT2D eigenvalue weighted by Gasteiger charge is -1.86. The van der Waals surface area contributed by atoms with E-state index in [-0.39, 0.29) is 0 Å². The molecule has 0 aromatic rings. The van der Waals surface area contributed by atoms with Crippen molar-refractivity contribution < 1.29 is 4.74 Å². The second kappa shape index (κ2) is 5.70. The largest absolute Gasteiger partial charge is 0.378 e. The molecule has 0 aliphatic carbocycles. The van der Waals surface area contributed by atoms with E-state index in [9.17, 15) is 0 Å². The van der Waals surface area contributed by atoms with Gasteiger partial charge in [-0.2, -0.15) is 0 Å². The maximum Gasteiger partial charge on any atom is 0.0870 e. The van der Waals surface area contributed by atoms with Crippen molar-refractivity contribution in [1.29, 1.82) is 0 Å². The first-order valence-corrected chi connectivity index (χ1v) is 2.37. The quantitative estimate of drug-likeness (QED) is 0.387. The van der Waals surface area contributed by atoms with Gasteiger partial charge in [0, 0.05) is 7.11 Å². The zero-order chi connectivity index (χ0) is 5.54. The Hall–Kier alpha value is -0.300. The molecule has 0 bridgehead atoms. The molecule has 0 aliphatic rings. The van der Waals surface area contributed by atoms with E-state index in [1.54, 1.807) is 13.7 Å². The summed E-state index contributed by atoms with van der Waals surface area (Å²) in [6.07, 6.45) is 4.94. The molecule has 0 heterocycles. The van der Waals surface area contributed by atoms with Crippen LogP contribution < -0.4 is 0 Å². The molecule has 0 atom stereocenters. The lowest BCUT2D eigenvalue weighted by atomic mass is 10.4. The van der Waals surface area contributed by atoms with Crippen molar-refractivity contribution in [3.63, 3.8) is 0 Å². The summed E-state index contributed by atoms with van der Waals surface area (Å²) in [6, 6.07) is 0. The van der Waals surface area contributed by atoms with Gasteiger partial charge in [-0.25, -0.2) is 0 Å². The van der Waals surface area contributed by atoms with E-state index in [2.05, 4.69) is 4.74 Å². The van der Waals surface area contributed by atoms with E-state index < -0.39 is 0 Å². The fraction of sp³-hybridized carbons (Fsp3) is 0.500. The van der Waals surface area contributed by atoms with Gasteiger partial charge in [0.1, 0.15) is 0 Å². The number of rotatable bonds is 3. The first-order chi connectivity index (χ1) is 3.41. The molecule has 0 rings (SSSR count). The monoisotopic (exact) mass is 99.1 g/mol. The third kappa shape index (κ3) is 5.70. The average molecular weight is 99.2 g/mol. The van der Waals surface area contributed by atoms with E-state index in [1.807, 2.05) is 19.1 Å². The Bertz CT molecular complexity index is 48.1. The molecular weight excluding hydrogens is 88.1 g/mol. The highest BCUT2D eigenvalue weighted by Crippen LogP contribution is 1.86. The van der Waals surface area contributed by atoms with Crippen LogP contribution >= 0.6 is 0 Å². The van der Waals surface area contributed by atoms with E-state index in [0.29, 0.717) is 0 Å². The Balaban J connectivity index is 2.69. The normalized spacial score (nSPS) is 10.6. The smallest absolute Gasteiger partial charge is 0.0870 e. The Morgan fingerprint density at radius 3 is 2.71 bits per heavy atom. The molecule has 0 fully saturated rings. The summed E-state index contributed by atoms with van der Waals surface area (Å²) >= 11 is 0. The molecule has 0 aromatic heterocycles. The topological polar surface area (TPSA) is 9.23 Å². The van der Waals surface area contributed by atoms with Crippen LogP contribution in [0, 0.1) is 6.61 Å². The number of methoxy groups -OCH3 is 1. The Labute approximate surface area is 45.0 Å². The van der Waals surface area contributed by atoms with Crippen molar-refractivity contribution in [1.82, 2.24) is 0 Å². The van der Waals surface area contributed by atoms with Crippen molar-refractivity contribution >= 4 is 0 Å². The molecule has 41 valence electrons. The van der Waals surface area contributed by atoms with E-state index in [1.165, 1.54) is 0 Å². The van der Waals surface area contributed by atoms with Gasteiger partial charge in [0.05, 0.1) is 6.61 Å². The van der Waals surface area contributed by atoms with Crippen LogP contribution in [0.25, 0.3) is 0 Å². The molecule has 0 N–H and O–H groups in total. The van der Waals surface area contributed by atoms with Crippen LogP contribution in [0.3, 0.4) is 0 Å². The molecule has 0 amide bonds. The molecule has 0 spiro atoms. The molecule has 7 heavy (non-hydrogen) atoms. The van der Waals surface area contributed by atoms with E-state index in [0.717, 1.165) is 6.42 Å².